The number of halogens is 1. The van der Waals surface area contributed by atoms with Gasteiger partial charge in [0.15, 0.2) is 0 Å². The van der Waals surface area contributed by atoms with E-state index in [0.29, 0.717) is 28.6 Å². The number of benzene rings is 1. The van der Waals surface area contributed by atoms with Gasteiger partial charge >= 0.3 is 5.97 Å². The lowest BCUT2D eigenvalue weighted by atomic mass is 9.95. The van der Waals surface area contributed by atoms with Crippen LogP contribution in [0.1, 0.15) is 37.0 Å². The van der Waals surface area contributed by atoms with E-state index in [1.165, 1.54) is 13.0 Å². The van der Waals surface area contributed by atoms with Crippen LogP contribution in [0.3, 0.4) is 0 Å². The van der Waals surface area contributed by atoms with Gasteiger partial charge in [0.2, 0.25) is 0 Å². The number of hydrogen-bond acceptors (Lipinski definition) is 3. The van der Waals surface area contributed by atoms with Crippen LogP contribution in [-0.2, 0) is 4.79 Å². The monoisotopic (exact) mass is 328 g/mol. The number of anilines is 1. The molecule has 1 atom stereocenters. The van der Waals surface area contributed by atoms with Crippen LogP contribution in [0.4, 0.5) is 5.69 Å². The third-order valence-electron chi connectivity index (χ3n) is 2.85. The number of rotatable bonds is 5. The van der Waals surface area contributed by atoms with E-state index in [4.69, 9.17) is 5.73 Å². The number of nitrogens with two attached hydrogens (primary N) is 1. The minimum absolute atomic E-state index is 0.323. The second-order valence-corrected chi connectivity index (χ2v) is 5.44. The van der Waals surface area contributed by atoms with Crippen LogP contribution in [0.2, 0.25) is 0 Å². The number of nitrogen functional groups attached to an aromatic ring is 1. The summed E-state index contributed by atoms with van der Waals surface area (Å²) in [6, 6.07) is 4.82. The molecule has 19 heavy (non-hydrogen) atoms. The molecule has 6 heteroatoms. The first kappa shape index (κ1) is 15.5. The van der Waals surface area contributed by atoms with Gasteiger partial charge in [0.1, 0.15) is 5.54 Å². The average Bonchev–Trinajstić information content (AvgIpc) is 2.32. The number of amides is 1. The quantitative estimate of drug-likeness (QED) is 0.723. The SMILES string of the molecule is CCCC(C)(NC(=O)c1cc(N)ccc1Br)C(=O)O. The van der Waals surface area contributed by atoms with E-state index in [-0.39, 0.29) is 0 Å². The Morgan fingerprint density at radius 3 is 2.63 bits per heavy atom. The summed E-state index contributed by atoms with van der Waals surface area (Å²) < 4.78 is 0.573. The summed E-state index contributed by atoms with van der Waals surface area (Å²) in [5.74, 6) is -1.51. The van der Waals surface area contributed by atoms with Crippen molar-refractivity contribution in [2.75, 3.05) is 5.73 Å². The molecule has 4 N–H and O–H groups in total. The Bertz CT molecular complexity index is 505. The van der Waals surface area contributed by atoms with Crippen molar-refractivity contribution in [2.24, 2.45) is 0 Å². The van der Waals surface area contributed by atoms with Gasteiger partial charge in [-0.1, -0.05) is 13.3 Å². The van der Waals surface area contributed by atoms with E-state index in [1.807, 2.05) is 6.92 Å². The van der Waals surface area contributed by atoms with Gasteiger partial charge in [-0.25, -0.2) is 4.79 Å². The van der Waals surface area contributed by atoms with Gasteiger partial charge in [0.05, 0.1) is 5.56 Å². The fourth-order valence-electron chi connectivity index (χ4n) is 1.76. The molecule has 1 rings (SSSR count). The Labute approximate surface area is 120 Å². The first-order chi connectivity index (χ1) is 8.80. The van der Waals surface area contributed by atoms with Crippen molar-refractivity contribution < 1.29 is 14.7 Å². The maximum Gasteiger partial charge on any atom is 0.329 e. The lowest BCUT2D eigenvalue weighted by molar-refractivity contribution is -0.144. The molecule has 0 fully saturated rings. The van der Waals surface area contributed by atoms with Crippen LogP contribution < -0.4 is 11.1 Å². The van der Waals surface area contributed by atoms with E-state index in [9.17, 15) is 14.7 Å². The van der Waals surface area contributed by atoms with E-state index in [2.05, 4.69) is 21.2 Å². The van der Waals surface area contributed by atoms with Crippen molar-refractivity contribution in [1.82, 2.24) is 5.32 Å². The van der Waals surface area contributed by atoms with E-state index >= 15 is 0 Å². The summed E-state index contributed by atoms with van der Waals surface area (Å²) in [6.45, 7) is 3.36. The lowest BCUT2D eigenvalue weighted by Gasteiger charge is -2.26. The molecule has 0 radical (unpaired) electrons. The van der Waals surface area contributed by atoms with Gasteiger partial charge in [-0.05, 0) is 47.5 Å². The molecule has 1 aromatic rings. The van der Waals surface area contributed by atoms with Crippen molar-refractivity contribution in [3.8, 4) is 0 Å². The molecule has 0 aliphatic heterocycles. The molecule has 5 nitrogen and oxygen atoms in total. The van der Waals surface area contributed by atoms with Crippen LogP contribution in [0.5, 0.6) is 0 Å². The minimum Gasteiger partial charge on any atom is -0.480 e. The summed E-state index contributed by atoms with van der Waals surface area (Å²) in [7, 11) is 0. The van der Waals surface area contributed by atoms with Gasteiger partial charge in [0.25, 0.3) is 5.91 Å². The molecule has 0 aliphatic rings. The maximum absolute atomic E-state index is 12.2. The van der Waals surface area contributed by atoms with E-state index in [0.717, 1.165) is 0 Å². The fourth-order valence-corrected chi connectivity index (χ4v) is 2.18. The lowest BCUT2D eigenvalue weighted by Crippen LogP contribution is -2.52. The summed E-state index contributed by atoms with van der Waals surface area (Å²) in [5, 5.41) is 11.8. The molecule has 1 unspecified atom stereocenters. The van der Waals surface area contributed by atoms with Crippen molar-refractivity contribution in [2.45, 2.75) is 32.2 Å². The topological polar surface area (TPSA) is 92.4 Å². The molecule has 0 saturated carbocycles. The normalized spacial score (nSPS) is 13.6. The van der Waals surface area contributed by atoms with Gasteiger partial charge in [0, 0.05) is 10.2 Å². The number of carboxylic acids is 1. The largest absolute Gasteiger partial charge is 0.480 e. The van der Waals surface area contributed by atoms with E-state index in [1.54, 1.807) is 12.1 Å². The molecular weight excluding hydrogens is 312 g/mol. The summed E-state index contributed by atoms with van der Waals surface area (Å²) in [6.07, 6.45) is 1.01. The highest BCUT2D eigenvalue weighted by Crippen LogP contribution is 2.21. The number of aliphatic carboxylic acids is 1. The molecule has 0 aromatic heterocycles. The molecule has 1 aromatic carbocycles. The van der Waals surface area contributed by atoms with Crippen molar-refractivity contribution in [3.63, 3.8) is 0 Å². The average molecular weight is 329 g/mol. The molecule has 104 valence electrons. The third-order valence-corrected chi connectivity index (χ3v) is 3.54. The predicted molar refractivity (Wildman–Crippen MR) is 77.0 cm³/mol. The van der Waals surface area contributed by atoms with Gasteiger partial charge in [-0.15, -0.1) is 0 Å². The van der Waals surface area contributed by atoms with Gasteiger partial charge in [-0.3, -0.25) is 4.79 Å². The van der Waals surface area contributed by atoms with E-state index < -0.39 is 17.4 Å². The highest BCUT2D eigenvalue weighted by Gasteiger charge is 2.34. The van der Waals surface area contributed by atoms with Crippen LogP contribution >= 0.6 is 15.9 Å². The zero-order valence-electron chi connectivity index (χ0n) is 10.9. The Hall–Kier alpha value is -1.56. The Morgan fingerprint density at radius 1 is 1.47 bits per heavy atom. The number of carboxylic acid groups (broad SMARTS) is 1. The summed E-state index contributed by atoms with van der Waals surface area (Å²) >= 11 is 3.25. The smallest absolute Gasteiger partial charge is 0.329 e. The molecule has 0 aliphatic carbocycles. The Kier molecular flexibility index (Phi) is 4.94. The Morgan fingerprint density at radius 2 is 2.11 bits per heavy atom. The number of carbonyl (C=O) groups is 2. The van der Waals surface area contributed by atoms with Crippen LogP contribution in [-0.4, -0.2) is 22.5 Å². The molecule has 0 spiro atoms. The molecule has 0 heterocycles. The van der Waals surface area contributed by atoms with Crippen LogP contribution in [0.25, 0.3) is 0 Å². The zero-order chi connectivity index (χ0) is 14.6. The van der Waals surface area contributed by atoms with Crippen molar-refractivity contribution in [3.05, 3.63) is 28.2 Å². The Balaban J connectivity index is 3.00. The summed E-state index contributed by atoms with van der Waals surface area (Å²) in [5.41, 5.74) is 5.12. The van der Waals surface area contributed by atoms with Crippen LogP contribution in [0, 0.1) is 0 Å². The van der Waals surface area contributed by atoms with Crippen LogP contribution in [0.15, 0.2) is 22.7 Å². The maximum atomic E-state index is 12.2. The van der Waals surface area contributed by atoms with Gasteiger partial charge < -0.3 is 16.2 Å². The molecule has 0 bridgehead atoms. The van der Waals surface area contributed by atoms with Gasteiger partial charge in [-0.2, -0.15) is 0 Å². The second kappa shape index (κ2) is 6.06. The summed E-state index contributed by atoms with van der Waals surface area (Å²) in [4.78, 5) is 23.4. The number of carbonyl (C=O) groups excluding carboxylic acids is 1. The zero-order valence-corrected chi connectivity index (χ0v) is 12.5. The molecule has 0 saturated heterocycles. The van der Waals surface area contributed by atoms with Crippen molar-refractivity contribution >= 4 is 33.5 Å². The fraction of sp³-hybridized carbons (Fsp3) is 0.385. The number of nitrogens with one attached hydrogen (secondary N) is 1. The standard InChI is InChI=1S/C13H17BrN2O3/c1-3-6-13(2,12(18)19)16-11(17)9-7-8(15)4-5-10(9)14/h4-5,7H,3,6,15H2,1-2H3,(H,16,17)(H,18,19). The van der Waals surface area contributed by atoms with Crippen molar-refractivity contribution in [1.29, 1.82) is 0 Å². The second-order valence-electron chi connectivity index (χ2n) is 4.58. The first-order valence-electron chi connectivity index (χ1n) is 5.91. The molecule has 1 amide bonds. The predicted octanol–water partition coefficient (Wildman–Crippen LogP) is 2.40. The third kappa shape index (κ3) is 3.70. The first-order valence-corrected chi connectivity index (χ1v) is 6.70. The highest BCUT2D eigenvalue weighted by molar-refractivity contribution is 9.10. The minimum atomic E-state index is -1.28. The molecular formula is C13H17BrN2O3. The number of hydrogen-bond donors (Lipinski definition) is 3. The highest BCUT2D eigenvalue weighted by atomic mass is 79.9.